The molecule has 0 saturated heterocycles. The third-order valence-electron chi connectivity index (χ3n) is 4.53. The average Bonchev–Trinajstić information content (AvgIpc) is 2.46. The molecule has 1 heterocycles. The van der Waals surface area contributed by atoms with E-state index in [1.807, 2.05) is 18.0 Å². The van der Waals surface area contributed by atoms with Crippen LogP contribution in [-0.2, 0) is 6.42 Å². The minimum absolute atomic E-state index is 0.112. The molecule has 3 nitrogen and oxygen atoms in total. The number of rotatable bonds is 6. The molecule has 1 atom stereocenters. The molecule has 3 heteroatoms. The summed E-state index contributed by atoms with van der Waals surface area (Å²) in [5.41, 5.74) is 3.77. The van der Waals surface area contributed by atoms with E-state index in [-0.39, 0.29) is 17.5 Å². The van der Waals surface area contributed by atoms with Crippen molar-refractivity contribution in [3.63, 3.8) is 0 Å². The number of aryl methyl sites for hydroxylation is 1. The Bertz CT molecular complexity index is 581. The van der Waals surface area contributed by atoms with Crippen molar-refractivity contribution in [3.8, 4) is 11.5 Å². The number of hydrogen-bond acceptors (Lipinski definition) is 3. The predicted octanol–water partition coefficient (Wildman–Crippen LogP) is 5.28. The van der Waals surface area contributed by atoms with E-state index in [4.69, 9.17) is 0 Å². The van der Waals surface area contributed by atoms with E-state index in [1.54, 1.807) is 12.1 Å². The SMILES string of the molecule is C=C(C)[C@@H]1CCC(C)=CN1c1c(O)cc(CCCCC)cc1O. The van der Waals surface area contributed by atoms with Gasteiger partial charge < -0.3 is 15.1 Å². The molecule has 2 rings (SSSR count). The number of phenols is 2. The molecule has 1 aliphatic heterocycles. The fourth-order valence-corrected chi connectivity index (χ4v) is 3.25. The maximum Gasteiger partial charge on any atom is 0.143 e. The van der Waals surface area contributed by atoms with E-state index in [9.17, 15) is 10.2 Å². The lowest BCUT2D eigenvalue weighted by Crippen LogP contribution is -2.34. The third kappa shape index (κ3) is 4.10. The van der Waals surface area contributed by atoms with Gasteiger partial charge in [0.1, 0.15) is 17.2 Å². The molecule has 0 amide bonds. The summed E-state index contributed by atoms with van der Waals surface area (Å²) >= 11 is 0. The van der Waals surface area contributed by atoms with Crippen LogP contribution in [0.25, 0.3) is 0 Å². The summed E-state index contributed by atoms with van der Waals surface area (Å²) in [4.78, 5) is 1.97. The molecule has 2 N–H and O–H groups in total. The number of anilines is 1. The first-order chi connectivity index (χ1) is 10.9. The second kappa shape index (κ2) is 7.58. The summed E-state index contributed by atoms with van der Waals surface area (Å²) in [6.07, 6.45) is 8.27. The number of hydrogen-bond donors (Lipinski definition) is 2. The Morgan fingerprint density at radius 1 is 1.26 bits per heavy atom. The second-order valence-electron chi connectivity index (χ2n) is 6.72. The summed E-state index contributed by atoms with van der Waals surface area (Å²) in [6.45, 7) is 10.3. The molecular weight excluding hydrogens is 286 g/mol. The quantitative estimate of drug-likeness (QED) is 0.554. The Labute approximate surface area is 140 Å². The van der Waals surface area contributed by atoms with E-state index < -0.39 is 0 Å². The van der Waals surface area contributed by atoms with Crippen molar-refractivity contribution in [3.05, 3.63) is 41.6 Å². The van der Waals surface area contributed by atoms with Gasteiger partial charge in [0.25, 0.3) is 0 Å². The van der Waals surface area contributed by atoms with Gasteiger partial charge in [0.2, 0.25) is 0 Å². The van der Waals surface area contributed by atoms with E-state index in [1.165, 1.54) is 5.57 Å². The summed E-state index contributed by atoms with van der Waals surface area (Å²) in [5, 5.41) is 21.0. The van der Waals surface area contributed by atoms with Crippen LogP contribution in [0, 0.1) is 0 Å². The molecular formula is C20H29NO2. The standard InChI is InChI=1S/C20H29NO2/c1-5-6-7-8-16-11-18(22)20(19(23)12-16)21-13-15(4)9-10-17(21)14(2)3/h11-13,17,22-23H,2,5-10H2,1,3-4H3/t17-/m0/s1. The molecule has 0 unspecified atom stereocenters. The maximum atomic E-state index is 10.5. The van der Waals surface area contributed by atoms with Gasteiger partial charge in [-0.25, -0.2) is 0 Å². The van der Waals surface area contributed by atoms with Crippen LogP contribution in [-0.4, -0.2) is 16.3 Å². The van der Waals surface area contributed by atoms with Gasteiger partial charge in [-0.05, 0) is 57.2 Å². The van der Waals surface area contributed by atoms with Gasteiger partial charge in [0, 0.05) is 6.20 Å². The van der Waals surface area contributed by atoms with Crippen molar-refractivity contribution in [1.82, 2.24) is 0 Å². The lowest BCUT2D eigenvalue weighted by atomic mass is 9.95. The fourth-order valence-electron chi connectivity index (χ4n) is 3.25. The van der Waals surface area contributed by atoms with Crippen molar-refractivity contribution >= 4 is 5.69 Å². The fraction of sp³-hybridized carbons (Fsp3) is 0.500. The van der Waals surface area contributed by atoms with E-state index in [2.05, 4.69) is 20.4 Å². The van der Waals surface area contributed by atoms with Gasteiger partial charge in [-0.2, -0.15) is 0 Å². The van der Waals surface area contributed by atoms with Gasteiger partial charge >= 0.3 is 0 Å². The van der Waals surface area contributed by atoms with Crippen molar-refractivity contribution in [2.75, 3.05) is 4.90 Å². The zero-order chi connectivity index (χ0) is 17.0. The highest BCUT2D eigenvalue weighted by Crippen LogP contribution is 2.42. The molecule has 1 aromatic carbocycles. The Morgan fingerprint density at radius 3 is 2.48 bits per heavy atom. The largest absolute Gasteiger partial charge is 0.506 e. The predicted molar refractivity (Wildman–Crippen MR) is 97.1 cm³/mol. The van der Waals surface area contributed by atoms with Crippen LogP contribution in [0.5, 0.6) is 11.5 Å². The molecule has 0 radical (unpaired) electrons. The van der Waals surface area contributed by atoms with Gasteiger partial charge in [-0.15, -0.1) is 0 Å². The molecule has 0 aromatic heterocycles. The van der Waals surface area contributed by atoms with Crippen LogP contribution < -0.4 is 4.90 Å². The highest BCUT2D eigenvalue weighted by molar-refractivity contribution is 5.71. The molecule has 126 valence electrons. The van der Waals surface area contributed by atoms with Gasteiger partial charge in [0.15, 0.2) is 0 Å². The summed E-state index contributed by atoms with van der Waals surface area (Å²) < 4.78 is 0. The monoisotopic (exact) mass is 315 g/mol. The molecule has 0 bridgehead atoms. The Hall–Kier alpha value is -1.90. The van der Waals surface area contributed by atoms with E-state index in [0.29, 0.717) is 5.69 Å². The van der Waals surface area contributed by atoms with E-state index >= 15 is 0 Å². The molecule has 23 heavy (non-hydrogen) atoms. The minimum Gasteiger partial charge on any atom is -0.506 e. The lowest BCUT2D eigenvalue weighted by Gasteiger charge is -2.36. The van der Waals surface area contributed by atoms with Crippen molar-refractivity contribution < 1.29 is 10.2 Å². The topological polar surface area (TPSA) is 43.7 Å². The third-order valence-corrected chi connectivity index (χ3v) is 4.53. The van der Waals surface area contributed by atoms with E-state index in [0.717, 1.165) is 49.7 Å². The average molecular weight is 315 g/mol. The van der Waals surface area contributed by atoms with Crippen LogP contribution in [0.2, 0.25) is 0 Å². The zero-order valence-corrected chi connectivity index (χ0v) is 14.6. The smallest absolute Gasteiger partial charge is 0.143 e. The first-order valence-corrected chi connectivity index (χ1v) is 8.60. The molecule has 0 saturated carbocycles. The minimum atomic E-state index is 0.112. The number of aromatic hydroxyl groups is 2. The number of benzene rings is 1. The first kappa shape index (κ1) is 17.5. The van der Waals surface area contributed by atoms with Crippen LogP contribution in [0.15, 0.2) is 36.1 Å². The second-order valence-corrected chi connectivity index (χ2v) is 6.72. The number of nitrogens with zero attached hydrogens (tertiary/aromatic N) is 1. The van der Waals surface area contributed by atoms with Crippen LogP contribution in [0.3, 0.4) is 0 Å². The van der Waals surface area contributed by atoms with Crippen LogP contribution in [0.1, 0.15) is 58.4 Å². The maximum absolute atomic E-state index is 10.5. The summed E-state index contributed by atoms with van der Waals surface area (Å²) in [6, 6.07) is 3.69. The highest BCUT2D eigenvalue weighted by Gasteiger charge is 2.26. The normalized spacial score (nSPS) is 18.0. The van der Waals surface area contributed by atoms with Crippen LogP contribution in [0.4, 0.5) is 5.69 Å². The first-order valence-electron chi connectivity index (χ1n) is 8.60. The lowest BCUT2D eigenvalue weighted by molar-refractivity contribution is 0.445. The summed E-state index contributed by atoms with van der Waals surface area (Å²) in [7, 11) is 0. The van der Waals surface area contributed by atoms with Crippen molar-refractivity contribution in [2.24, 2.45) is 0 Å². The number of phenolic OH excluding ortho intramolecular Hbond substituents is 2. The molecule has 0 aliphatic carbocycles. The van der Waals surface area contributed by atoms with Crippen molar-refractivity contribution in [2.45, 2.75) is 65.3 Å². The van der Waals surface area contributed by atoms with Gasteiger partial charge in [-0.1, -0.05) is 37.5 Å². The Morgan fingerprint density at radius 2 is 1.91 bits per heavy atom. The van der Waals surface area contributed by atoms with Gasteiger partial charge in [-0.3, -0.25) is 0 Å². The highest BCUT2D eigenvalue weighted by atomic mass is 16.3. The zero-order valence-electron chi connectivity index (χ0n) is 14.6. The Balaban J connectivity index is 2.34. The van der Waals surface area contributed by atoms with Gasteiger partial charge in [0.05, 0.1) is 6.04 Å². The molecule has 0 spiro atoms. The Kier molecular flexibility index (Phi) is 5.75. The van der Waals surface area contributed by atoms with Crippen LogP contribution >= 0.6 is 0 Å². The van der Waals surface area contributed by atoms with Crippen molar-refractivity contribution in [1.29, 1.82) is 0 Å². The summed E-state index contributed by atoms with van der Waals surface area (Å²) in [5.74, 6) is 0.294. The molecule has 0 fully saturated rings. The molecule has 1 aromatic rings. The molecule has 1 aliphatic rings. The number of allylic oxidation sites excluding steroid dienone is 1. The number of unbranched alkanes of at least 4 members (excludes halogenated alkanes) is 2.